The largest absolute Gasteiger partial charge is 0.448 e. The Morgan fingerprint density at radius 2 is 2.21 bits per heavy atom. The van der Waals surface area contributed by atoms with Crippen LogP contribution in [0.5, 0.6) is 0 Å². The van der Waals surface area contributed by atoms with E-state index in [4.69, 9.17) is 9.40 Å². The first-order valence-corrected chi connectivity index (χ1v) is 8.07. The Balaban J connectivity index is 1.76. The quantitative estimate of drug-likeness (QED) is 0.931. The number of hydrogen-bond donors (Lipinski definition) is 1. The third-order valence-electron chi connectivity index (χ3n) is 3.40. The first-order chi connectivity index (χ1) is 9.24. The van der Waals surface area contributed by atoms with Crippen molar-refractivity contribution in [1.29, 1.82) is 0 Å². The zero-order valence-corrected chi connectivity index (χ0v) is 13.1. The van der Waals surface area contributed by atoms with Gasteiger partial charge in [-0.1, -0.05) is 0 Å². The minimum Gasteiger partial charge on any atom is -0.448 e. The summed E-state index contributed by atoms with van der Waals surface area (Å²) >= 11 is 5.03. The van der Waals surface area contributed by atoms with Crippen LogP contribution in [0.15, 0.2) is 26.6 Å². The van der Waals surface area contributed by atoms with E-state index in [1.54, 1.807) is 11.3 Å². The predicted octanol–water partition coefficient (Wildman–Crippen LogP) is 3.13. The smallest absolute Gasteiger partial charge is 0.169 e. The number of hydrogen-bond acceptors (Lipinski definition) is 5. The summed E-state index contributed by atoms with van der Waals surface area (Å²) in [5, 5.41) is 6.60. The van der Waals surface area contributed by atoms with E-state index < -0.39 is 0 Å². The van der Waals surface area contributed by atoms with E-state index in [-0.39, 0.29) is 0 Å². The molecule has 0 radical (unpaired) electrons. The van der Waals surface area contributed by atoms with E-state index in [2.05, 4.69) is 38.5 Å². The number of piperazine rings is 1. The monoisotopic (exact) mass is 341 g/mol. The van der Waals surface area contributed by atoms with Gasteiger partial charge in [-0.15, -0.1) is 11.3 Å². The molecule has 3 rings (SSSR count). The Bertz CT molecular complexity index is 548. The fourth-order valence-corrected chi connectivity index (χ4v) is 3.48. The molecule has 0 aliphatic carbocycles. The van der Waals surface area contributed by atoms with E-state index in [0.717, 1.165) is 47.3 Å². The molecule has 1 aliphatic rings. The molecule has 6 heteroatoms. The SMILES string of the molecule is CC(c1nc(-c2ccc(Br)o2)cs1)N1CCNCC1. The highest BCUT2D eigenvalue weighted by molar-refractivity contribution is 9.10. The van der Waals surface area contributed by atoms with Gasteiger partial charge in [-0.25, -0.2) is 4.98 Å². The number of thiazole rings is 1. The lowest BCUT2D eigenvalue weighted by atomic mass is 10.2. The van der Waals surface area contributed by atoms with Crippen LogP contribution in [-0.2, 0) is 0 Å². The fourth-order valence-electron chi connectivity index (χ4n) is 2.27. The molecule has 3 heterocycles. The molecular formula is C13H16BrN3OS. The molecule has 1 N–H and O–H groups in total. The van der Waals surface area contributed by atoms with Crippen molar-refractivity contribution in [3.8, 4) is 11.5 Å². The number of nitrogens with zero attached hydrogens (tertiary/aromatic N) is 2. The summed E-state index contributed by atoms with van der Waals surface area (Å²) in [7, 11) is 0. The zero-order chi connectivity index (χ0) is 13.2. The van der Waals surface area contributed by atoms with Gasteiger partial charge in [0.25, 0.3) is 0 Å². The van der Waals surface area contributed by atoms with E-state index >= 15 is 0 Å². The van der Waals surface area contributed by atoms with Gasteiger partial charge in [-0.3, -0.25) is 4.90 Å². The van der Waals surface area contributed by atoms with Crippen LogP contribution in [0.25, 0.3) is 11.5 Å². The third kappa shape index (κ3) is 2.91. The molecule has 4 nitrogen and oxygen atoms in total. The molecule has 1 saturated heterocycles. The molecule has 0 amide bonds. The summed E-state index contributed by atoms with van der Waals surface area (Å²) in [6.45, 7) is 6.53. The van der Waals surface area contributed by atoms with Gasteiger partial charge in [0.1, 0.15) is 10.7 Å². The lowest BCUT2D eigenvalue weighted by molar-refractivity contribution is 0.185. The second-order valence-electron chi connectivity index (χ2n) is 4.64. The molecular weight excluding hydrogens is 326 g/mol. The van der Waals surface area contributed by atoms with Gasteiger partial charge in [0.15, 0.2) is 10.4 Å². The molecule has 0 saturated carbocycles. The average Bonchev–Trinajstić information content (AvgIpc) is 3.07. The van der Waals surface area contributed by atoms with Crippen LogP contribution in [0.2, 0.25) is 0 Å². The molecule has 102 valence electrons. The van der Waals surface area contributed by atoms with E-state index in [1.807, 2.05) is 12.1 Å². The highest BCUT2D eigenvalue weighted by atomic mass is 79.9. The van der Waals surface area contributed by atoms with Gasteiger partial charge >= 0.3 is 0 Å². The van der Waals surface area contributed by atoms with Gasteiger partial charge < -0.3 is 9.73 Å². The second kappa shape index (κ2) is 5.75. The van der Waals surface area contributed by atoms with E-state index in [1.165, 1.54) is 0 Å². The summed E-state index contributed by atoms with van der Waals surface area (Å²) in [4.78, 5) is 7.18. The first-order valence-electron chi connectivity index (χ1n) is 6.40. The lowest BCUT2D eigenvalue weighted by Gasteiger charge is -2.31. The maximum Gasteiger partial charge on any atom is 0.169 e. The Morgan fingerprint density at radius 3 is 2.89 bits per heavy atom. The van der Waals surface area contributed by atoms with Crippen molar-refractivity contribution in [2.75, 3.05) is 26.2 Å². The van der Waals surface area contributed by atoms with Crippen LogP contribution < -0.4 is 5.32 Å². The van der Waals surface area contributed by atoms with Crippen molar-refractivity contribution < 1.29 is 4.42 Å². The Labute approximate surface area is 125 Å². The van der Waals surface area contributed by atoms with Gasteiger partial charge in [0.05, 0.1) is 6.04 Å². The summed E-state index contributed by atoms with van der Waals surface area (Å²) in [5.41, 5.74) is 0.924. The van der Waals surface area contributed by atoms with Crippen molar-refractivity contribution >= 4 is 27.3 Å². The minimum absolute atomic E-state index is 0.374. The van der Waals surface area contributed by atoms with Crippen LogP contribution in [-0.4, -0.2) is 36.1 Å². The fraction of sp³-hybridized carbons (Fsp3) is 0.462. The molecule has 2 aromatic heterocycles. The van der Waals surface area contributed by atoms with Crippen LogP contribution >= 0.6 is 27.3 Å². The Morgan fingerprint density at radius 1 is 1.42 bits per heavy atom. The van der Waals surface area contributed by atoms with Crippen LogP contribution in [0.3, 0.4) is 0 Å². The number of rotatable bonds is 3. The highest BCUT2D eigenvalue weighted by Gasteiger charge is 2.21. The zero-order valence-electron chi connectivity index (χ0n) is 10.7. The highest BCUT2D eigenvalue weighted by Crippen LogP contribution is 2.30. The Kier molecular flexibility index (Phi) is 4.02. The molecule has 1 fully saturated rings. The maximum absolute atomic E-state index is 5.55. The molecule has 0 spiro atoms. The number of aromatic nitrogens is 1. The van der Waals surface area contributed by atoms with Crippen molar-refractivity contribution in [3.63, 3.8) is 0 Å². The number of furan rings is 1. The molecule has 1 atom stereocenters. The van der Waals surface area contributed by atoms with Gasteiger partial charge in [-0.05, 0) is 35.0 Å². The summed E-state index contributed by atoms with van der Waals surface area (Å²) < 4.78 is 6.29. The molecule has 0 bridgehead atoms. The van der Waals surface area contributed by atoms with E-state index in [9.17, 15) is 0 Å². The third-order valence-corrected chi connectivity index (χ3v) is 4.85. The number of halogens is 1. The molecule has 1 unspecified atom stereocenters. The lowest BCUT2D eigenvalue weighted by Crippen LogP contribution is -2.44. The average molecular weight is 342 g/mol. The Hall–Kier alpha value is -0.690. The van der Waals surface area contributed by atoms with Crippen LogP contribution in [0, 0.1) is 0 Å². The summed E-state index contributed by atoms with van der Waals surface area (Å²) in [5.74, 6) is 0.821. The molecule has 2 aromatic rings. The maximum atomic E-state index is 5.55. The molecule has 0 aromatic carbocycles. The molecule has 19 heavy (non-hydrogen) atoms. The topological polar surface area (TPSA) is 41.3 Å². The number of nitrogens with one attached hydrogen (secondary N) is 1. The van der Waals surface area contributed by atoms with Gasteiger partial charge in [0, 0.05) is 31.6 Å². The second-order valence-corrected chi connectivity index (χ2v) is 6.31. The normalized spacial score (nSPS) is 18.6. The minimum atomic E-state index is 0.374. The van der Waals surface area contributed by atoms with E-state index in [0.29, 0.717) is 6.04 Å². The standard InChI is InChI=1S/C13H16BrN3OS/c1-9(17-6-4-15-5-7-17)13-16-10(8-19-13)11-2-3-12(14)18-11/h2-3,8-9,15H,4-7H2,1H3. The van der Waals surface area contributed by atoms with Crippen molar-refractivity contribution in [3.05, 3.63) is 27.2 Å². The van der Waals surface area contributed by atoms with Crippen LogP contribution in [0.4, 0.5) is 0 Å². The van der Waals surface area contributed by atoms with Gasteiger partial charge in [0.2, 0.25) is 0 Å². The summed E-state index contributed by atoms with van der Waals surface area (Å²) in [6, 6.07) is 4.21. The van der Waals surface area contributed by atoms with Gasteiger partial charge in [-0.2, -0.15) is 0 Å². The molecule has 1 aliphatic heterocycles. The van der Waals surface area contributed by atoms with Crippen molar-refractivity contribution in [2.24, 2.45) is 0 Å². The summed E-state index contributed by atoms with van der Waals surface area (Å²) in [6.07, 6.45) is 0. The van der Waals surface area contributed by atoms with Crippen LogP contribution in [0.1, 0.15) is 18.0 Å². The first kappa shape index (κ1) is 13.3. The van der Waals surface area contributed by atoms with Crippen molar-refractivity contribution in [2.45, 2.75) is 13.0 Å². The van der Waals surface area contributed by atoms with Crippen molar-refractivity contribution in [1.82, 2.24) is 15.2 Å². The predicted molar refractivity (Wildman–Crippen MR) is 80.4 cm³/mol.